The number of allylic oxidation sites excluding steroid dienone is 1. The van der Waals surface area contributed by atoms with Crippen molar-refractivity contribution in [3.05, 3.63) is 47.0 Å². The van der Waals surface area contributed by atoms with E-state index in [1.807, 2.05) is 6.07 Å². The molecule has 0 saturated heterocycles. The molecule has 3 N–H and O–H groups in total. The van der Waals surface area contributed by atoms with Crippen LogP contribution in [0.1, 0.15) is 35.7 Å². The topological polar surface area (TPSA) is 85.9 Å². The number of nitrogens with one attached hydrogen (secondary N) is 1. The van der Waals surface area contributed by atoms with E-state index in [9.17, 15) is 4.79 Å². The summed E-state index contributed by atoms with van der Waals surface area (Å²) in [5.41, 5.74) is 7.31. The highest BCUT2D eigenvalue weighted by Crippen LogP contribution is 2.10. The summed E-state index contributed by atoms with van der Waals surface area (Å²) in [5.74, 6) is 0.554. The van der Waals surface area contributed by atoms with Crippen molar-refractivity contribution >= 4 is 12.2 Å². The molecule has 0 atom stereocenters. The summed E-state index contributed by atoms with van der Waals surface area (Å²) in [4.78, 5) is 15.5. The molecule has 0 unspecified atom stereocenters. The zero-order valence-electron chi connectivity index (χ0n) is 14.0. The van der Waals surface area contributed by atoms with Crippen LogP contribution in [-0.4, -0.2) is 32.9 Å². The van der Waals surface area contributed by atoms with E-state index >= 15 is 0 Å². The third-order valence-corrected chi connectivity index (χ3v) is 3.10. The largest absolute Gasteiger partial charge is 0.484 e. The molecule has 23 heavy (non-hydrogen) atoms. The second kappa shape index (κ2) is 10.3. The Morgan fingerprint density at radius 2 is 2.22 bits per heavy atom. The quantitative estimate of drug-likeness (QED) is 0.315. The van der Waals surface area contributed by atoms with Crippen LogP contribution in [0, 0.1) is 0 Å². The summed E-state index contributed by atoms with van der Waals surface area (Å²) in [6, 6.07) is 7.08. The number of methoxy groups -OCH3 is 1. The molecule has 0 radical (unpaired) electrons. The van der Waals surface area contributed by atoms with E-state index < -0.39 is 0 Å². The van der Waals surface area contributed by atoms with Crippen molar-refractivity contribution in [2.45, 2.75) is 26.4 Å². The Morgan fingerprint density at radius 3 is 2.87 bits per heavy atom. The number of esters is 1. The molecule has 1 aromatic carbocycles. The molecule has 126 valence electrons. The van der Waals surface area contributed by atoms with Gasteiger partial charge in [0.25, 0.3) is 0 Å². The summed E-state index contributed by atoms with van der Waals surface area (Å²) in [5, 5.41) is 3.11. The molecule has 0 fully saturated rings. The van der Waals surface area contributed by atoms with Crippen LogP contribution in [0.4, 0.5) is 0 Å². The number of hydrogen-bond donors (Lipinski definition) is 2. The van der Waals surface area contributed by atoms with Crippen molar-refractivity contribution in [3.8, 4) is 0 Å². The lowest BCUT2D eigenvalue weighted by molar-refractivity contribution is 0.0600. The average Bonchev–Trinajstić information content (AvgIpc) is 2.58. The van der Waals surface area contributed by atoms with Gasteiger partial charge in [-0.3, -0.25) is 4.99 Å². The number of hydrogen-bond acceptors (Lipinski definition) is 6. The lowest BCUT2D eigenvalue weighted by atomic mass is 10.1. The number of carbonyl (C=O) groups excluding carboxylic acids is 1. The zero-order valence-corrected chi connectivity index (χ0v) is 14.0. The van der Waals surface area contributed by atoms with Gasteiger partial charge in [-0.25, -0.2) is 4.79 Å². The molecule has 0 aliphatic rings. The second-order valence-corrected chi connectivity index (χ2v) is 4.93. The van der Waals surface area contributed by atoms with Crippen molar-refractivity contribution in [2.75, 3.05) is 20.7 Å². The molecule has 1 aromatic rings. The van der Waals surface area contributed by atoms with Gasteiger partial charge in [0.1, 0.15) is 12.4 Å². The summed E-state index contributed by atoms with van der Waals surface area (Å²) in [7, 11) is 3.01. The molecule has 0 saturated carbocycles. The van der Waals surface area contributed by atoms with Crippen molar-refractivity contribution < 1.29 is 14.3 Å². The van der Waals surface area contributed by atoms with Crippen LogP contribution in [-0.2, 0) is 16.1 Å². The van der Waals surface area contributed by atoms with E-state index in [0.717, 1.165) is 24.9 Å². The van der Waals surface area contributed by atoms with Crippen molar-refractivity contribution in [1.29, 1.82) is 0 Å². The van der Waals surface area contributed by atoms with E-state index in [1.54, 1.807) is 31.5 Å². The maximum Gasteiger partial charge on any atom is 0.337 e. The third kappa shape index (κ3) is 6.42. The number of ether oxygens (including phenoxy) is 2. The standard InChI is InChI=1S/C17H25N3O3/c1-4-5-9-20-16(18)15(11-19-2)23-12-13-7-6-8-14(10-13)17(21)22-3/h6-8,10-11,20H,4-5,9,12,18H2,1-3H3/b16-15-,19-11-. The molecule has 0 aromatic heterocycles. The molecule has 0 bridgehead atoms. The normalized spacial score (nSPS) is 12.0. The summed E-state index contributed by atoms with van der Waals surface area (Å²) in [6.07, 6.45) is 3.68. The Hall–Kier alpha value is -2.50. The van der Waals surface area contributed by atoms with E-state index in [-0.39, 0.29) is 12.6 Å². The van der Waals surface area contributed by atoms with Gasteiger partial charge in [-0.1, -0.05) is 25.5 Å². The number of nitrogens with zero attached hydrogens (tertiary/aromatic N) is 1. The van der Waals surface area contributed by atoms with Gasteiger partial charge < -0.3 is 20.5 Å². The Balaban J connectivity index is 2.75. The molecular weight excluding hydrogens is 294 g/mol. The average molecular weight is 319 g/mol. The van der Waals surface area contributed by atoms with Gasteiger partial charge in [0, 0.05) is 13.6 Å². The van der Waals surface area contributed by atoms with Crippen LogP contribution in [0.3, 0.4) is 0 Å². The van der Waals surface area contributed by atoms with Crippen molar-refractivity contribution in [3.63, 3.8) is 0 Å². The Bertz CT molecular complexity index is 568. The number of carbonyl (C=O) groups is 1. The van der Waals surface area contributed by atoms with Gasteiger partial charge in [0.05, 0.1) is 18.9 Å². The molecule has 0 aliphatic carbocycles. The highest BCUT2D eigenvalue weighted by atomic mass is 16.5. The molecular formula is C17H25N3O3. The van der Waals surface area contributed by atoms with Crippen LogP contribution in [0.5, 0.6) is 0 Å². The Kier molecular flexibility index (Phi) is 8.28. The molecule has 0 amide bonds. The fourth-order valence-electron chi connectivity index (χ4n) is 1.86. The maximum atomic E-state index is 11.5. The van der Waals surface area contributed by atoms with Gasteiger partial charge in [-0.05, 0) is 24.1 Å². The van der Waals surface area contributed by atoms with Gasteiger partial charge in [-0.15, -0.1) is 0 Å². The highest BCUT2D eigenvalue weighted by molar-refractivity contribution is 5.89. The minimum atomic E-state index is -0.376. The lowest BCUT2D eigenvalue weighted by Gasteiger charge is -2.12. The summed E-state index contributed by atoms with van der Waals surface area (Å²) in [6.45, 7) is 3.17. The van der Waals surface area contributed by atoms with E-state index in [4.69, 9.17) is 15.2 Å². The minimum Gasteiger partial charge on any atom is -0.484 e. The van der Waals surface area contributed by atoms with Crippen LogP contribution in [0.25, 0.3) is 0 Å². The van der Waals surface area contributed by atoms with Gasteiger partial charge >= 0.3 is 5.97 Å². The van der Waals surface area contributed by atoms with Crippen molar-refractivity contribution in [2.24, 2.45) is 10.7 Å². The fourth-order valence-corrected chi connectivity index (χ4v) is 1.86. The number of aliphatic imine (C=N–C) groups is 1. The summed E-state index contributed by atoms with van der Waals surface area (Å²) >= 11 is 0. The molecule has 1 rings (SSSR count). The van der Waals surface area contributed by atoms with Crippen LogP contribution in [0.15, 0.2) is 40.8 Å². The Labute approximate surface area is 137 Å². The molecule has 0 aliphatic heterocycles. The van der Waals surface area contributed by atoms with Gasteiger partial charge in [-0.2, -0.15) is 0 Å². The molecule has 6 nitrogen and oxygen atoms in total. The number of nitrogens with two attached hydrogens (primary N) is 1. The highest BCUT2D eigenvalue weighted by Gasteiger charge is 2.07. The predicted octanol–water partition coefficient (Wildman–Crippen LogP) is 2.21. The zero-order chi connectivity index (χ0) is 17.1. The van der Waals surface area contributed by atoms with Gasteiger partial charge in [0.2, 0.25) is 0 Å². The van der Waals surface area contributed by atoms with Gasteiger partial charge in [0.15, 0.2) is 5.76 Å². The maximum absolute atomic E-state index is 11.5. The monoisotopic (exact) mass is 319 g/mol. The van der Waals surface area contributed by atoms with E-state index in [2.05, 4.69) is 17.2 Å². The third-order valence-electron chi connectivity index (χ3n) is 3.10. The minimum absolute atomic E-state index is 0.280. The Morgan fingerprint density at radius 1 is 1.43 bits per heavy atom. The number of unbranched alkanes of at least 4 members (excludes halogenated alkanes) is 1. The van der Waals surface area contributed by atoms with Crippen molar-refractivity contribution in [1.82, 2.24) is 5.32 Å². The van der Waals surface area contributed by atoms with E-state index in [1.165, 1.54) is 7.11 Å². The first kappa shape index (κ1) is 18.5. The SMILES string of the molecule is CCCCN/C(N)=C(/C=N\C)OCc1cccc(C(=O)OC)c1. The second-order valence-electron chi connectivity index (χ2n) is 4.93. The first-order valence-electron chi connectivity index (χ1n) is 7.58. The summed E-state index contributed by atoms with van der Waals surface area (Å²) < 4.78 is 10.4. The molecule has 0 spiro atoms. The van der Waals surface area contributed by atoms with Crippen LogP contribution >= 0.6 is 0 Å². The smallest absolute Gasteiger partial charge is 0.337 e. The lowest BCUT2D eigenvalue weighted by Crippen LogP contribution is -2.24. The van der Waals surface area contributed by atoms with Crippen LogP contribution in [0.2, 0.25) is 0 Å². The van der Waals surface area contributed by atoms with E-state index in [0.29, 0.717) is 17.1 Å². The fraction of sp³-hybridized carbons (Fsp3) is 0.412. The van der Waals surface area contributed by atoms with Crippen LogP contribution < -0.4 is 11.1 Å². The number of benzene rings is 1. The first-order valence-corrected chi connectivity index (χ1v) is 7.58. The predicted molar refractivity (Wildman–Crippen MR) is 91.1 cm³/mol. The molecule has 6 heteroatoms. The number of rotatable bonds is 9. The molecule has 0 heterocycles. The first-order chi connectivity index (χ1) is 11.1.